The van der Waals surface area contributed by atoms with E-state index in [9.17, 15) is 13.6 Å². The summed E-state index contributed by atoms with van der Waals surface area (Å²) in [5.41, 5.74) is 6.34. The molecule has 186 valence electrons. The summed E-state index contributed by atoms with van der Waals surface area (Å²) in [4.78, 5) is 26.2. The molecule has 11 heteroatoms. The number of nitrogens with one attached hydrogen (secondary N) is 2. The highest BCUT2D eigenvalue weighted by molar-refractivity contribution is 6.06. The molecule has 0 unspecified atom stereocenters. The predicted molar refractivity (Wildman–Crippen MR) is 132 cm³/mol. The van der Waals surface area contributed by atoms with E-state index in [2.05, 4.69) is 25.7 Å². The van der Waals surface area contributed by atoms with Crippen LogP contribution in [0.2, 0.25) is 0 Å². The number of nitrogens with two attached hydrogens (primary N) is 1. The maximum absolute atomic E-state index is 14.4. The topological polar surface area (TPSA) is 124 Å². The van der Waals surface area contributed by atoms with Crippen LogP contribution in [0, 0.1) is 11.6 Å². The number of benzene rings is 1. The molecule has 4 heterocycles. The number of carbonyl (C=O) groups is 1. The van der Waals surface area contributed by atoms with Crippen LogP contribution in [0.15, 0.2) is 36.5 Å². The number of hydrogen-bond donors (Lipinski definition) is 3. The minimum atomic E-state index is -0.880. The number of rotatable bonds is 6. The van der Waals surface area contributed by atoms with Crippen molar-refractivity contribution in [1.82, 2.24) is 24.7 Å². The fraction of sp³-hybridized carbons (Fsp3) is 0.320. The normalized spacial score (nSPS) is 14.7. The van der Waals surface area contributed by atoms with Crippen LogP contribution in [-0.2, 0) is 16.8 Å². The van der Waals surface area contributed by atoms with Crippen molar-refractivity contribution >= 4 is 28.6 Å². The van der Waals surface area contributed by atoms with E-state index in [1.807, 2.05) is 13.8 Å². The third-order valence-electron chi connectivity index (χ3n) is 6.09. The van der Waals surface area contributed by atoms with Crippen molar-refractivity contribution in [2.45, 2.75) is 45.2 Å². The molecular formula is C25H26F2N8O. The average molecular weight is 493 g/mol. The molecule has 0 atom stereocenters. The Hall–Kier alpha value is -3.99. The second-order valence-corrected chi connectivity index (χ2v) is 10.2. The van der Waals surface area contributed by atoms with Gasteiger partial charge in [-0.05, 0) is 39.8 Å². The molecule has 4 N–H and O–H groups in total. The first-order valence-electron chi connectivity index (χ1n) is 11.5. The summed E-state index contributed by atoms with van der Waals surface area (Å²) in [5, 5.41) is 11.0. The van der Waals surface area contributed by atoms with Crippen molar-refractivity contribution in [3.8, 4) is 11.5 Å². The monoisotopic (exact) mass is 492 g/mol. The molecule has 5 rings (SSSR count). The molecule has 0 aliphatic carbocycles. The van der Waals surface area contributed by atoms with Crippen molar-refractivity contribution in [3.63, 3.8) is 0 Å². The first-order chi connectivity index (χ1) is 16.9. The van der Waals surface area contributed by atoms with E-state index in [-0.39, 0.29) is 29.8 Å². The molecule has 0 saturated heterocycles. The maximum Gasteiger partial charge on any atom is 0.235 e. The molecular weight excluding hydrogens is 466 g/mol. The molecule has 9 nitrogen and oxygen atoms in total. The van der Waals surface area contributed by atoms with Gasteiger partial charge in [-0.1, -0.05) is 18.2 Å². The number of amides is 1. The SMILES string of the molecule is CC(C)(N)CNc1nc(-c2nn(Cc3ccccc3F)c3ncc(F)cc23)nc2c1C(C)(C)C(=O)N2. The second kappa shape index (κ2) is 8.30. The van der Waals surface area contributed by atoms with Gasteiger partial charge in [0.15, 0.2) is 11.5 Å². The standard InChI is InChI=1S/C25H26F2N8O/c1-24(2,28)12-30-19-17-20(33-23(36)25(17,3)4)32-21(31-19)18-15-9-14(26)10-29-22(15)35(34-18)11-13-7-5-6-8-16(13)27/h5-10H,11-12,28H2,1-4H3,(H2,30,31,32,33,36). The first kappa shape index (κ1) is 23.7. The zero-order chi connectivity index (χ0) is 25.8. The van der Waals surface area contributed by atoms with E-state index in [1.54, 1.807) is 32.0 Å². The maximum atomic E-state index is 14.4. The van der Waals surface area contributed by atoms with Crippen LogP contribution in [-0.4, -0.2) is 42.7 Å². The Labute approximate surface area is 206 Å². The molecule has 1 amide bonds. The summed E-state index contributed by atoms with van der Waals surface area (Å²) >= 11 is 0. The quantitative estimate of drug-likeness (QED) is 0.376. The van der Waals surface area contributed by atoms with Crippen LogP contribution in [0.4, 0.5) is 20.4 Å². The van der Waals surface area contributed by atoms with Gasteiger partial charge in [0.25, 0.3) is 0 Å². The summed E-state index contributed by atoms with van der Waals surface area (Å²) < 4.78 is 30.1. The Morgan fingerprint density at radius 1 is 1.19 bits per heavy atom. The summed E-state index contributed by atoms with van der Waals surface area (Å²) in [6.45, 7) is 7.75. The molecule has 0 spiro atoms. The number of carbonyl (C=O) groups excluding carboxylic acids is 1. The van der Waals surface area contributed by atoms with Gasteiger partial charge in [0.2, 0.25) is 5.91 Å². The predicted octanol–water partition coefficient (Wildman–Crippen LogP) is 3.59. The number of pyridine rings is 1. The lowest BCUT2D eigenvalue weighted by Gasteiger charge is -2.23. The zero-order valence-electron chi connectivity index (χ0n) is 20.4. The van der Waals surface area contributed by atoms with Crippen molar-refractivity contribution in [2.75, 3.05) is 17.2 Å². The molecule has 1 aliphatic heterocycles. The second-order valence-electron chi connectivity index (χ2n) is 10.2. The Morgan fingerprint density at radius 2 is 1.94 bits per heavy atom. The van der Waals surface area contributed by atoms with Gasteiger partial charge >= 0.3 is 0 Å². The van der Waals surface area contributed by atoms with Crippen LogP contribution in [0.1, 0.15) is 38.8 Å². The Bertz CT molecular complexity index is 1510. The lowest BCUT2D eigenvalue weighted by molar-refractivity contribution is -0.119. The van der Waals surface area contributed by atoms with Crippen LogP contribution >= 0.6 is 0 Å². The Morgan fingerprint density at radius 3 is 2.67 bits per heavy atom. The molecule has 0 saturated carbocycles. The summed E-state index contributed by atoms with van der Waals surface area (Å²) in [5.74, 6) is -0.241. The van der Waals surface area contributed by atoms with Crippen LogP contribution in [0.3, 0.4) is 0 Å². The van der Waals surface area contributed by atoms with Gasteiger partial charge < -0.3 is 16.4 Å². The van der Waals surface area contributed by atoms with Gasteiger partial charge in [-0.25, -0.2) is 28.4 Å². The van der Waals surface area contributed by atoms with Crippen LogP contribution < -0.4 is 16.4 Å². The average Bonchev–Trinajstić information content (AvgIpc) is 3.26. The molecule has 0 fully saturated rings. The van der Waals surface area contributed by atoms with Crippen molar-refractivity contribution in [2.24, 2.45) is 5.73 Å². The third kappa shape index (κ3) is 4.15. The van der Waals surface area contributed by atoms with Gasteiger partial charge in [-0.2, -0.15) is 5.10 Å². The highest BCUT2D eigenvalue weighted by Gasteiger charge is 2.43. The summed E-state index contributed by atoms with van der Waals surface area (Å²) in [7, 11) is 0. The first-order valence-corrected chi connectivity index (χ1v) is 11.5. The molecule has 36 heavy (non-hydrogen) atoms. The lowest BCUT2D eigenvalue weighted by atomic mass is 9.87. The number of fused-ring (bicyclic) bond motifs is 2. The van der Waals surface area contributed by atoms with Crippen molar-refractivity contribution < 1.29 is 13.6 Å². The highest BCUT2D eigenvalue weighted by atomic mass is 19.1. The number of halogens is 2. The van der Waals surface area contributed by atoms with Crippen LogP contribution in [0.5, 0.6) is 0 Å². The van der Waals surface area contributed by atoms with E-state index < -0.39 is 16.8 Å². The van der Waals surface area contributed by atoms with Gasteiger partial charge in [0.05, 0.1) is 29.1 Å². The molecule has 1 aromatic carbocycles. The number of nitrogens with zero attached hydrogens (tertiary/aromatic N) is 5. The fourth-order valence-corrected chi connectivity index (χ4v) is 4.16. The largest absolute Gasteiger partial charge is 0.368 e. The minimum Gasteiger partial charge on any atom is -0.368 e. The van der Waals surface area contributed by atoms with Gasteiger partial charge in [0.1, 0.15) is 29.0 Å². The van der Waals surface area contributed by atoms with Crippen molar-refractivity contribution in [1.29, 1.82) is 0 Å². The van der Waals surface area contributed by atoms with E-state index >= 15 is 0 Å². The molecule has 0 bridgehead atoms. The fourth-order valence-electron chi connectivity index (χ4n) is 4.16. The lowest BCUT2D eigenvalue weighted by Crippen LogP contribution is -2.40. The molecule has 1 aliphatic rings. The van der Waals surface area contributed by atoms with Gasteiger partial charge in [-0.15, -0.1) is 0 Å². The Kier molecular flexibility index (Phi) is 5.47. The van der Waals surface area contributed by atoms with E-state index in [1.165, 1.54) is 16.8 Å². The smallest absolute Gasteiger partial charge is 0.235 e. The van der Waals surface area contributed by atoms with Crippen molar-refractivity contribution in [3.05, 3.63) is 59.3 Å². The van der Waals surface area contributed by atoms with E-state index in [4.69, 9.17) is 10.7 Å². The van der Waals surface area contributed by atoms with Gasteiger partial charge in [0, 0.05) is 17.6 Å². The zero-order valence-corrected chi connectivity index (χ0v) is 20.4. The number of aromatic nitrogens is 5. The summed E-state index contributed by atoms with van der Waals surface area (Å²) in [6.07, 6.45) is 1.08. The molecule has 0 radical (unpaired) electrons. The van der Waals surface area contributed by atoms with E-state index in [0.29, 0.717) is 40.3 Å². The molecule has 4 aromatic rings. The minimum absolute atomic E-state index is 0.0724. The molecule has 3 aromatic heterocycles. The highest BCUT2D eigenvalue weighted by Crippen LogP contribution is 2.42. The van der Waals surface area contributed by atoms with Gasteiger partial charge in [-0.3, -0.25) is 4.79 Å². The number of anilines is 2. The van der Waals surface area contributed by atoms with E-state index in [0.717, 1.165) is 6.20 Å². The third-order valence-corrected chi connectivity index (χ3v) is 6.09. The summed E-state index contributed by atoms with van der Waals surface area (Å²) in [6, 6.07) is 7.62. The Balaban J connectivity index is 1.68. The van der Waals surface area contributed by atoms with Crippen LogP contribution in [0.25, 0.3) is 22.6 Å². The number of hydrogen-bond acceptors (Lipinski definition) is 7.